The number of ketones is 1. The van der Waals surface area contributed by atoms with E-state index in [1.54, 1.807) is 12.3 Å². The molecule has 1 aliphatic heterocycles. The van der Waals surface area contributed by atoms with Gasteiger partial charge in [0, 0.05) is 17.9 Å². The van der Waals surface area contributed by atoms with E-state index in [4.69, 9.17) is 9.15 Å². The largest absolute Gasteiger partial charge is 0.431 e. The number of carbonyl (C=O) groups excluding carboxylic acids is 1. The van der Waals surface area contributed by atoms with Crippen LogP contribution in [0.25, 0.3) is 0 Å². The first-order chi connectivity index (χ1) is 13.4. The summed E-state index contributed by atoms with van der Waals surface area (Å²) in [5, 5.41) is 0. The van der Waals surface area contributed by atoms with Crippen molar-refractivity contribution in [3.8, 4) is 0 Å². The molecule has 1 saturated heterocycles. The lowest BCUT2D eigenvalue weighted by Gasteiger charge is -2.58. The molecule has 0 aromatic carbocycles. The topological polar surface area (TPSA) is 59.8 Å². The third-order valence-electron chi connectivity index (χ3n) is 9.51. The molecule has 0 unspecified atom stereocenters. The summed E-state index contributed by atoms with van der Waals surface area (Å²) in [4.78, 5) is 23.4. The van der Waals surface area contributed by atoms with Crippen LogP contribution in [0.3, 0.4) is 0 Å². The molecule has 0 N–H and O–H groups in total. The van der Waals surface area contributed by atoms with Crippen molar-refractivity contribution in [2.24, 2.45) is 22.7 Å². The van der Waals surface area contributed by atoms with Crippen molar-refractivity contribution in [2.75, 3.05) is 0 Å². The average Bonchev–Trinajstić information content (AvgIpc) is 3.33. The maximum Gasteiger partial charge on any atom is 0.335 e. The van der Waals surface area contributed by atoms with Crippen LogP contribution >= 0.6 is 0 Å². The lowest BCUT2D eigenvalue weighted by molar-refractivity contribution is -0.118. The summed E-state index contributed by atoms with van der Waals surface area (Å²) < 4.78 is 11.8. The van der Waals surface area contributed by atoms with Crippen LogP contribution in [0.2, 0.25) is 0 Å². The van der Waals surface area contributed by atoms with E-state index in [2.05, 4.69) is 13.8 Å². The fourth-order valence-corrected chi connectivity index (χ4v) is 8.06. The van der Waals surface area contributed by atoms with Gasteiger partial charge < -0.3 is 9.15 Å². The molecule has 4 aliphatic carbocycles. The molecule has 1 aromatic rings. The second-order valence-corrected chi connectivity index (χ2v) is 10.3. The molecule has 148 valence electrons. The second kappa shape index (κ2) is 5.27. The molecular formula is C24H28O4. The smallest absolute Gasteiger partial charge is 0.335 e. The average molecular weight is 380 g/mol. The van der Waals surface area contributed by atoms with Crippen LogP contribution in [0.1, 0.15) is 70.3 Å². The first-order valence-electron chi connectivity index (χ1n) is 10.9. The van der Waals surface area contributed by atoms with Crippen LogP contribution < -0.4 is 5.63 Å². The molecule has 4 heteroatoms. The predicted octanol–water partition coefficient (Wildman–Crippen LogP) is 4.39. The van der Waals surface area contributed by atoms with Gasteiger partial charge in [0.2, 0.25) is 0 Å². The first-order valence-corrected chi connectivity index (χ1v) is 10.9. The van der Waals surface area contributed by atoms with Crippen molar-refractivity contribution in [2.45, 2.75) is 76.4 Å². The van der Waals surface area contributed by atoms with Crippen LogP contribution in [0.5, 0.6) is 0 Å². The highest BCUT2D eigenvalue weighted by atomic mass is 16.6. The summed E-state index contributed by atoms with van der Waals surface area (Å²) in [5.41, 5.74) is 2.52. The molecule has 0 amide bonds. The Kier molecular flexibility index (Phi) is 3.24. The van der Waals surface area contributed by atoms with Crippen LogP contribution in [0, 0.1) is 22.7 Å². The van der Waals surface area contributed by atoms with Crippen molar-refractivity contribution < 1.29 is 13.9 Å². The molecular weight excluding hydrogens is 352 g/mol. The number of epoxide rings is 1. The highest BCUT2D eigenvalue weighted by molar-refractivity contribution is 5.91. The zero-order valence-corrected chi connectivity index (χ0v) is 16.7. The van der Waals surface area contributed by atoms with Gasteiger partial charge in [-0.15, -0.1) is 0 Å². The maximum absolute atomic E-state index is 12.0. The Morgan fingerprint density at radius 3 is 2.68 bits per heavy atom. The number of fused-ring (bicyclic) bond motifs is 3. The van der Waals surface area contributed by atoms with Crippen molar-refractivity contribution in [3.05, 3.63) is 46.0 Å². The molecule has 28 heavy (non-hydrogen) atoms. The Bertz CT molecular complexity index is 939. The standard InChI is InChI=1S/C24H28O4/c1-22-9-7-16(25)11-15(22)4-5-18-17(22)8-10-23(2)19(12-20-24(18,23)28-20)14-3-6-21(26)27-13-14/h3,6,11,13,17-20H,4-5,7-10,12H2,1-2H3/t17-,18+,19+,20+,22-,23+,24+/m0/s1. The van der Waals surface area contributed by atoms with Crippen molar-refractivity contribution in [1.82, 2.24) is 0 Å². The molecule has 4 fully saturated rings. The number of rotatable bonds is 1. The Morgan fingerprint density at radius 2 is 1.89 bits per heavy atom. The first kappa shape index (κ1) is 17.2. The second-order valence-electron chi connectivity index (χ2n) is 10.3. The molecule has 5 aliphatic rings. The Hall–Kier alpha value is -1.68. The summed E-state index contributed by atoms with van der Waals surface area (Å²) in [6, 6.07) is 3.52. The van der Waals surface area contributed by atoms with E-state index in [-0.39, 0.29) is 22.1 Å². The monoisotopic (exact) mass is 380 g/mol. The van der Waals surface area contributed by atoms with Crippen molar-refractivity contribution in [3.63, 3.8) is 0 Å². The van der Waals surface area contributed by atoms with E-state index in [1.807, 2.05) is 12.1 Å². The molecule has 2 heterocycles. The van der Waals surface area contributed by atoms with E-state index in [0.29, 0.717) is 36.1 Å². The fourth-order valence-electron chi connectivity index (χ4n) is 8.06. The number of hydrogen-bond donors (Lipinski definition) is 0. The minimum atomic E-state index is -0.280. The summed E-state index contributed by atoms with van der Waals surface area (Å²) >= 11 is 0. The molecule has 3 saturated carbocycles. The van der Waals surface area contributed by atoms with Crippen LogP contribution in [0.15, 0.2) is 39.3 Å². The van der Waals surface area contributed by atoms with Gasteiger partial charge in [0.05, 0.1) is 12.4 Å². The Labute approximate surface area is 165 Å². The van der Waals surface area contributed by atoms with Crippen molar-refractivity contribution in [1.29, 1.82) is 0 Å². The van der Waals surface area contributed by atoms with Crippen LogP contribution in [-0.2, 0) is 9.53 Å². The molecule has 4 nitrogen and oxygen atoms in total. The molecule has 0 radical (unpaired) electrons. The maximum atomic E-state index is 12.0. The number of allylic oxidation sites excluding steroid dienone is 1. The van der Waals surface area contributed by atoms with E-state index in [0.717, 1.165) is 37.7 Å². The van der Waals surface area contributed by atoms with Gasteiger partial charge in [0.15, 0.2) is 5.78 Å². The highest BCUT2D eigenvalue weighted by Crippen LogP contribution is 2.77. The van der Waals surface area contributed by atoms with Gasteiger partial charge >= 0.3 is 5.63 Å². The minimum absolute atomic E-state index is 0.0211. The number of carbonyl (C=O) groups is 1. The predicted molar refractivity (Wildman–Crippen MR) is 104 cm³/mol. The van der Waals surface area contributed by atoms with Gasteiger partial charge in [0.1, 0.15) is 5.60 Å². The van der Waals surface area contributed by atoms with E-state index in [9.17, 15) is 9.59 Å². The van der Waals surface area contributed by atoms with Gasteiger partial charge in [-0.2, -0.15) is 0 Å². The van der Waals surface area contributed by atoms with E-state index < -0.39 is 0 Å². The Balaban J connectivity index is 1.39. The normalized spacial score (nSPS) is 48.8. The molecule has 0 bridgehead atoms. The van der Waals surface area contributed by atoms with Crippen LogP contribution in [-0.4, -0.2) is 17.5 Å². The van der Waals surface area contributed by atoms with E-state index >= 15 is 0 Å². The Morgan fingerprint density at radius 1 is 1.04 bits per heavy atom. The SMILES string of the molecule is C[C@]12CCC(=O)C=C1CC[C@@H]1[C@@H]2CC[C@]2(C)[C@@H](c3ccc(=O)oc3)C[C@H]3O[C@]132. The number of ether oxygens (including phenoxy) is 1. The quantitative estimate of drug-likeness (QED) is 0.678. The molecule has 1 spiro atoms. The zero-order valence-electron chi connectivity index (χ0n) is 16.7. The molecule has 7 atom stereocenters. The van der Waals surface area contributed by atoms with Gasteiger partial charge in [-0.25, -0.2) is 4.79 Å². The summed E-state index contributed by atoms with van der Waals surface area (Å²) in [6.45, 7) is 4.83. The summed E-state index contributed by atoms with van der Waals surface area (Å²) in [6.07, 6.45) is 11.3. The molecule has 6 rings (SSSR count). The van der Waals surface area contributed by atoms with Gasteiger partial charge in [-0.05, 0) is 79.4 Å². The third kappa shape index (κ3) is 1.91. The number of hydrogen-bond acceptors (Lipinski definition) is 4. The van der Waals surface area contributed by atoms with Gasteiger partial charge in [-0.3, -0.25) is 4.79 Å². The van der Waals surface area contributed by atoms with Gasteiger partial charge in [0.25, 0.3) is 0 Å². The minimum Gasteiger partial charge on any atom is -0.431 e. The highest BCUT2D eigenvalue weighted by Gasteiger charge is 2.80. The zero-order chi connectivity index (χ0) is 19.3. The van der Waals surface area contributed by atoms with Crippen molar-refractivity contribution >= 4 is 5.78 Å². The lowest BCUT2D eigenvalue weighted by Crippen LogP contribution is -2.56. The fraction of sp³-hybridized carbons (Fsp3) is 0.667. The van der Waals surface area contributed by atoms with Gasteiger partial charge in [-0.1, -0.05) is 19.4 Å². The summed E-state index contributed by atoms with van der Waals surface area (Å²) in [5.74, 6) is 1.91. The summed E-state index contributed by atoms with van der Waals surface area (Å²) in [7, 11) is 0. The van der Waals surface area contributed by atoms with E-state index in [1.165, 1.54) is 12.0 Å². The molecule has 1 aromatic heterocycles. The third-order valence-corrected chi connectivity index (χ3v) is 9.51. The lowest BCUT2D eigenvalue weighted by atomic mass is 9.46. The van der Waals surface area contributed by atoms with Crippen LogP contribution in [0.4, 0.5) is 0 Å².